The quantitative estimate of drug-likeness (QED) is 0.805. The van der Waals surface area contributed by atoms with Crippen molar-refractivity contribution < 1.29 is 9.47 Å². The first kappa shape index (κ1) is 12.8. The third-order valence-corrected chi connectivity index (χ3v) is 2.28. The summed E-state index contributed by atoms with van der Waals surface area (Å²) in [6.45, 7) is 4.70. The van der Waals surface area contributed by atoms with Gasteiger partial charge in [-0.1, -0.05) is 12.1 Å². The number of hydrogen-bond acceptors (Lipinski definition) is 3. The minimum absolute atomic E-state index is 0.152. The molecule has 0 saturated carbocycles. The van der Waals surface area contributed by atoms with E-state index in [9.17, 15) is 0 Å². The number of nitrogens with two attached hydrogens (primary N) is 1. The van der Waals surface area contributed by atoms with Gasteiger partial charge in [0, 0.05) is 0 Å². The molecule has 1 rings (SSSR count). The zero-order valence-corrected chi connectivity index (χ0v) is 10.3. The third-order valence-electron chi connectivity index (χ3n) is 2.28. The van der Waals surface area contributed by atoms with Gasteiger partial charge in [0.1, 0.15) is 0 Å². The van der Waals surface area contributed by atoms with E-state index in [0.29, 0.717) is 6.54 Å². The maximum Gasteiger partial charge on any atom is 0.163 e. The Balaban J connectivity index is 2.91. The highest BCUT2D eigenvalue weighted by Gasteiger charge is 2.10. The molecule has 0 atom stereocenters. The number of aryl methyl sites for hydroxylation is 1. The lowest BCUT2D eigenvalue weighted by Crippen LogP contribution is -2.08. The van der Waals surface area contributed by atoms with Crippen molar-refractivity contribution in [2.24, 2.45) is 5.73 Å². The standard InChI is InChI=1S/C13H21NO2/c1-10(2)16-12-8-4-6-11(7-5-9-14)13(12)15-3/h4,6,8,10H,5,7,9,14H2,1-3H3. The van der Waals surface area contributed by atoms with Crippen LogP contribution in [0.5, 0.6) is 11.5 Å². The molecule has 0 unspecified atom stereocenters. The molecule has 3 heteroatoms. The van der Waals surface area contributed by atoms with Crippen molar-refractivity contribution in [3.05, 3.63) is 23.8 Å². The molecule has 0 saturated heterocycles. The fraction of sp³-hybridized carbons (Fsp3) is 0.538. The molecule has 0 bridgehead atoms. The molecule has 0 radical (unpaired) electrons. The van der Waals surface area contributed by atoms with Crippen LogP contribution in [0.1, 0.15) is 25.8 Å². The van der Waals surface area contributed by atoms with Crippen LogP contribution in [0, 0.1) is 0 Å². The van der Waals surface area contributed by atoms with Crippen LogP contribution in [0.4, 0.5) is 0 Å². The van der Waals surface area contributed by atoms with E-state index in [1.807, 2.05) is 26.0 Å². The molecule has 0 amide bonds. The smallest absolute Gasteiger partial charge is 0.163 e. The minimum Gasteiger partial charge on any atom is -0.493 e. The van der Waals surface area contributed by atoms with E-state index >= 15 is 0 Å². The summed E-state index contributed by atoms with van der Waals surface area (Å²) >= 11 is 0. The minimum atomic E-state index is 0.152. The molecule has 2 N–H and O–H groups in total. The largest absolute Gasteiger partial charge is 0.493 e. The van der Waals surface area contributed by atoms with Crippen LogP contribution in [-0.4, -0.2) is 19.8 Å². The van der Waals surface area contributed by atoms with Crippen molar-refractivity contribution in [3.63, 3.8) is 0 Å². The highest BCUT2D eigenvalue weighted by Crippen LogP contribution is 2.32. The van der Waals surface area contributed by atoms with Crippen LogP contribution in [0.3, 0.4) is 0 Å². The Morgan fingerprint density at radius 1 is 1.31 bits per heavy atom. The first-order chi connectivity index (χ1) is 7.69. The van der Waals surface area contributed by atoms with Crippen LogP contribution in [-0.2, 0) is 6.42 Å². The molecule has 0 aromatic heterocycles. The number of ether oxygens (including phenoxy) is 2. The molecular formula is C13H21NO2. The molecule has 1 aromatic carbocycles. The number of para-hydroxylation sites is 1. The molecule has 0 aliphatic rings. The van der Waals surface area contributed by atoms with Crippen molar-refractivity contribution >= 4 is 0 Å². The predicted octanol–water partition coefficient (Wildman–Crippen LogP) is 2.37. The molecule has 16 heavy (non-hydrogen) atoms. The second kappa shape index (κ2) is 6.38. The predicted molar refractivity (Wildman–Crippen MR) is 66.1 cm³/mol. The average Bonchev–Trinajstić information content (AvgIpc) is 2.25. The van der Waals surface area contributed by atoms with Crippen molar-refractivity contribution in [2.75, 3.05) is 13.7 Å². The summed E-state index contributed by atoms with van der Waals surface area (Å²) in [5, 5.41) is 0. The van der Waals surface area contributed by atoms with Crippen LogP contribution in [0.15, 0.2) is 18.2 Å². The summed E-state index contributed by atoms with van der Waals surface area (Å²) in [5.41, 5.74) is 6.67. The topological polar surface area (TPSA) is 44.5 Å². The van der Waals surface area contributed by atoms with E-state index in [4.69, 9.17) is 15.2 Å². The van der Waals surface area contributed by atoms with Gasteiger partial charge in [-0.25, -0.2) is 0 Å². The normalized spacial score (nSPS) is 10.6. The van der Waals surface area contributed by atoms with Crippen LogP contribution >= 0.6 is 0 Å². The fourth-order valence-corrected chi connectivity index (χ4v) is 1.63. The second-order valence-corrected chi connectivity index (χ2v) is 4.01. The zero-order valence-electron chi connectivity index (χ0n) is 10.3. The first-order valence-electron chi connectivity index (χ1n) is 5.71. The zero-order chi connectivity index (χ0) is 12.0. The van der Waals surface area contributed by atoms with Gasteiger partial charge in [0.15, 0.2) is 11.5 Å². The Morgan fingerprint density at radius 3 is 2.62 bits per heavy atom. The van der Waals surface area contributed by atoms with Gasteiger partial charge in [-0.05, 0) is 44.9 Å². The molecule has 0 aliphatic heterocycles. The summed E-state index contributed by atoms with van der Waals surface area (Å²) in [6.07, 6.45) is 2.04. The highest BCUT2D eigenvalue weighted by molar-refractivity contribution is 5.46. The molecule has 90 valence electrons. The lowest BCUT2D eigenvalue weighted by molar-refractivity contribution is 0.229. The number of benzene rings is 1. The van der Waals surface area contributed by atoms with Crippen LogP contribution < -0.4 is 15.2 Å². The Labute approximate surface area is 97.6 Å². The average molecular weight is 223 g/mol. The number of methoxy groups -OCH3 is 1. The van der Waals surface area contributed by atoms with Gasteiger partial charge in [-0.15, -0.1) is 0 Å². The van der Waals surface area contributed by atoms with E-state index in [-0.39, 0.29) is 6.10 Å². The van der Waals surface area contributed by atoms with Gasteiger partial charge < -0.3 is 15.2 Å². The summed E-state index contributed by atoms with van der Waals surface area (Å²) in [5.74, 6) is 1.65. The van der Waals surface area contributed by atoms with Gasteiger partial charge in [0.05, 0.1) is 13.2 Å². The third kappa shape index (κ3) is 3.42. The van der Waals surface area contributed by atoms with Crippen molar-refractivity contribution in [1.82, 2.24) is 0 Å². The Morgan fingerprint density at radius 2 is 2.06 bits per heavy atom. The Bertz CT molecular complexity index is 324. The monoisotopic (exact) mass is 223 g/mol. The number of hydrogen-bond donors (Lipinski definition) is 1. The Hall–Kier alpha value is -1.22. The van der Waals surface area contributed by atoms with Crippen molar-refractivity contribution in [1.29, 1.82) is 0 Å². The second-order valence-electron chi connectivity index (χ2n) is 4.01. The summed E-state index contributed by atoms with van der Waals surface area (Å²) in [6, 6.07) is 5.98. The molecule has 0 heterocycles. The van der Waals surface area contributed by atoms with E-state index < -0.39 is 0 Å². The van der Waals surface area contributed by atoms with E-state index in [1.165, 1.54) is 0 Å². The maximum absolute atomic E-state index is 5.70. The molecule has 3 nitrogen and oxygen atoms in total. The van der Waals surface area contributed by atoms with Crippen molar-refractivity contribution in [3.8, 4) is 11.5 Å². The van der Waals surface area contributed by atoms with Crippen LogP contribution in [0.25, 0.3) is 0 Å². The van der Waals surface area contributed by atoms with Gasteiger partial charge >= 0.3 is 0 Å². The summed E-state index contributed by atoms with van der Waals surface area (Å²) < 4.78 is 11.1. The Kier molecular flexibility index (Phi) is 5.12. The van der Waals surface area contributed by atoms with Gasteiger partial charge in [-0.2, -0.15) is 0 Å². The van der Waals surface area contributed by atoms with E-state index in [1.54, 1.807) is 7.11 Å². The fourth-order valence-electron chi connectivity index (χ4n) is 1.63. The number of rotatable bonds is 6. The van der Waals surface area contributed by atoms with Crippen LogP contribution in [0.2, 0.25) is 0 Å². The van der Waals surface area contributed by atoms with Gasteiger partial charge in [0.2, 0.25) is 0 Å². The van der Waals surface area contributed by atoms with Gasteiger partial charge in [0.25, 0.3) is 0 Å². The molecule has 0 aliphatic carbocycles. The molecule has 1 aromatic rings. The summed E-state index contributed by atoms with van der Waals surface area (Å²) in [4.78, 5) is 0. The molecule has 0 spiro atoms. The maximum atomic E-state index is 5.70. The first-order valence-corrected chi connectivity index (χ1v) is 5.71. The highest BCUT2D eigenvalue weighted by atomic mass is 16.5. The lowest BCUT2D eigenvalue weighted by atomic mass is 10.1. The van der Waals surface area contributed by atoms with Gasteiger partial charge in [-0.3, -0.25) is 0 Å². The lowest BCUT2D eigenvalue weighted by Gasteiger charge is -2.16. The summed E-state index contributed by atoms with van der Waals surface area (Å²) in [7, 11) is 1.68. The van der Waals surface area contributed by atoms with E-state index in [2.05, 4.69) is 6.07 Å². The van der Waals surface area contributed by atoms with Crippen molar-refractivity contribution in [2.45, 2.75) is 32.8 Å². The SMILES string of the molecule is COc1c(CCCN)cccc1OC(C)C. The van der Waals surface area contributed by atoms with E-state index in [0.717, 1.165) is 29.9 Å². The molecular weight excluding hydrogens is 202 g/mol. The molecule has 0 fully saturated rings.